The van der Waals surface area contributed by atoms with Crippen molar-refractivity contribution in [3.8, 4) is 11.5 Å². The summed E-state index contributed by atoms with van der Waals surface area (Å²) in [5.74, 6) is 1.88. The number of hydrogen-bond acceptors (Lipinski definition) is 8. The van der Waals surface area contributed by atoms with Crippen LogP contribution in [0.2, 0.25) is 0 Å². The minimum absolute atomic E-state index is 0.0380. The molecule has 8 heteroatoms. The molecule has 4 atom stereocenters. The summed E-state index contributed by atoms with van der Waals surface area (Å²) < 4.78 is 22.4. The quantitative estimate of drug-likeness (QED) is 0.252. The summed E-state index contributed by atoms with van der Waals surface area (Å²) in [5.41, 5.74) is 2.42. The Hall–Kier alpha value is -3.10. The number of hydrogen-bond donors (Lipinski definition) is 2. The number of phenolic OH excluding ortho intramolecular Hbond substituents is 2. The van der Waals surface area contributed by atoms with Crippen LogP contribution < -0.4 is 0 Å². The molecule has 10 rings (SSSR count). The van der Waals surface area contributed by atoms with Gasteiger partial charge in [-0.3, -0.25) is 9.59 Å². The Morgan fingerprint density at radius 1 is 0.667 bits per heavy atom. The highest BCUT2D eigenvalue weighted by Gasteiger charge is 2.53. The third kappa shape index (κ3) is 6.59. The largest absolute Gasteiger partial charge is 0.508 e. The van der Waals surface area contributed by atoms with Crippen molar-refractivity contribution in [2.24, 2.45) is 34.5 Å². The molecule has 48 heavy (non-hydrogen) atoms. The smallest absolute Gasteiger partial charge is 0.308 e. The van der Waals surface area contributed by atoms with Gasteiger partial charge in [0.1, 0.15) is 11.5 Å². The zero-order valence-electron chi connectivity index (χ0n) is 28.6. The van der Waals surface area contributed by atoms with Crippen LogP contribution in [0, 0.1) is 34.5 Å². The number of ether oxygens (including phenoxy) is 4. The molecule has 4 saturated carbocycles. The first-order chi connectivity index (χ1) is 23.1. The van der Waals surface area contributed by atoms with Crippen LogP contribution in [0.4, 0.5) is 0 Å². The van der Waals surface area contributed by atoms with E-state index in [0.29, 0.717) is 34.2 Å². The summed E-state index contributed by atoms with van der Waals surface area (Å²) in [7, 11) is 2.96. The first-order valence-electron chi connectivity index (χ1n) is 18.1. The maximum absolute atomic E-state index is 11.6. The summed E-state index contributed by atoms with van der Waals surface area (Å²) in [5, 5.41) is 19.5. The summed E-state index contributed by atoms with van der Waals surface area (Å²) in [6, 6.07) is 15.1. The minimum atomic E-state index is -0.200. The zero-order chi connectivity index (χ0) is 33.6. The van der Waals surface area contributed by atoms with Gasteiger partial charge in [-0.05, 0) is 148 Å². The number of phenols is 2. The van der Waals surface area contributed by atoms with Gasteiger partial charge in [-0.1, -0.05) is 24.3 Å². The second-order valence-corrected chi connectivity index (χ2v) is 16.0. The predicted octanol–water partition coefficient (Wildman–Crippen LogP) is 7.53. The molecule has 4 bridgehead atoms. The van der Waals surface area contributed by atoms with Crippen LogP contribution in [0.5, 0.6) is 11.5 Å². The van der Waals surface area contributed by atoms with Gasteiger partial charge in [-0.2, -0.15) is 0 Å². The fraction of sp³-hybridized carbons (Fsp3) is 0.650. The van der Waals surface area contributed by atoms with Crippen LogP contribution in [0.3, 0.4) is 0 Å². The molecule has 8 nitrogen and oxygen atoms in total. The van der Waals surface area contributed by atoms with Crippen molar-refractivity contribution in [2.75, 3.05) is 27.4 Å². The van der Waals surface area contributed by atoms with Gasteiger partial charge in [0.05, 0.1) is 50.5 Å². The molecule has 4 heterocycles. The molecular weight excluding hydrogens is 608 g/mol. The van der Waals surface area contributed by atoms with Crippen molar-refractivity contribution in [3.05, 3.63) is 59.7 Å². The predicted molar refractivity (Wildman–Crippen MR) is 179 cm³/mol. The van der Waals surface area contributed by atoms with E-state index in [4.69, 9.17) is 18.9 Å². The SMILES string of the molecule is COC(=O)[C@@H]1C[C@H]1CCC12CCC(c3cccc(O)c3)(CC1)OC2.COC(=O)[C@H]1C[C@@H]1CCC12CCC(c3cccc(O)c3)(CC1)OC2. The number of rotatable bonds is 10. The van der Waals surface area contributed by atoms with E-state index in [1.807, 2.05) is 24.3 Å². The molecule has 4 aliphatic carbocycles. The van der Waals surface area contributed by atoms with Gasteiger partial charge in [0.2, 0.25) is 0 Å². The van der Waals surface area contributed by atoms with Crippen LogP contribution >= 0.6 is 0 Å². The molecule has 0 aromatic heterocycles. The standard InChI is InChI=1S/2C20H26O4/c2*1-23-18(22)17-11-14(17)5-6-19-7-9-20(10-8-19,24-13-19)15-3-2-4-16(21)12-15/h2*2-4,12,14,17,21H,5-11,13H2,1H3/t2*14-,17-,19?,20?/m10/s1. The lowest BCUT2D eigenvalue weighted by molar-refractivity contribution is -0.192. The Bertz CT molecular complexity index is 1340. The molecule has 2 N–H and O–H groups in total. The van der Waals surface area contributed by atoms with E-state index in [-0.39, 0.29) is 35.0 Å². The number of aromatic hydroxyl groups is 2. The highest BCUT2D eigenvalue weighted by molar-refractivity contribution is 5.75. The van der Waals surface area contributed by atoms with Gasteiger partial charge in [-0.15, -0.1) is 0 Å². The molecule has 8 fully saturated rings. The van der Waals surface area contributed by atoms with E-state index in [0.717, 1.165) is 88.5 Å². The highest BCUT2D eigenvalue weighted by Crippen LogP contribution is 2.58. The first kappa shape index (κ1) is 33.4. The highest BCUT2D eigenvalue weighted by atomic mass is 16.5. The molecule has 8 aliphatic rings. The van der Waals surface area contributed by atoms with Crippen LogP contribution in [0.25, 0.3) is 0 Å². The van der Waals surface area contributed by atoms with Crippen molar-refractivity contribution >= 4 is 11.9 Å². The average Bonchev–Trinajstić information content (AvgIpc) is 4.07. The van der Waals surface area contributed by atoms with Gasteiger partial charge in [-0.25, -0.2) is 0 Å². The second-order valence-electron chi connectivity index (χ2n) is 16.0. The summed E-state index contributed by atoms with van der Waals surface area (Å²) in [6.45, 7) is 1.61. The van der Waals surface area contributed by atoms with Crippen molar-refractivity contribution in [1.29, 1.82) is 0 Å². The maximum atomic E-state index is 11.6. The summed E-state index contributed by atoms with van der Waals surface area (Å²) in [6.07, 6.45) is 15.4. The second kappa shape index (κ2) is 13.0. The third-order valence-electron chi connectivity index (χ3n) is 13.2. The number of carbonyl (C=O) groups excluding carboxylic acids is 2. The molecule has 0 radical (unpaired) electrons. The lowest BCUT2D eigenvalue weighted by Gasteiger charge is -2.53. The van der Waals surface area contributed by atoms with E-state index in [1.165, 1.54) is 39.9 Å². The molecule has 2 aromatic rings. The third-order valence-corrected chi connectivity index (χ3v) is 13.2. The number of carbonyl (C=O) groups is 2. The van der Waals surface area contributed by atoms with Crippen LogP contribution in [0.15, 0.2) is 48.5 Å². The molecule has 4 saturated heterocycles. The molecule has 260 valence electrons. The monoisotopic (exact) mass is 660 g/mol. The molecule has 0 spiro atoms. The van der Waals surface area contributed by atoms with E-state index >= 15 is 0 Å². The normalized spacial score (nSPS) is 37.2. The molecule has 0 unspecified atom stereocenters. The lowest BCUT2D eigenvalue weighted by atomic mass is 9.62. The Balaban J connectivity index is 0.000000152. The lowest BCUT2D eigenvalue weighted by Crippen LogP contribution is -2.49. The maximum Gasteiger partial charge on any atom is 0.308 e. The van der Waals surface area contributed by atoms with Gasteiger partial charge in [0, 0.05) is 0 Å². The Labute approximate surface area is 284 Å². The van der Waals surface area contributed by atoms with E-state index in [1.54, 1.807) is 12.1 Å². The van der Waals surface area contributed by atoms with Crippen molar-refractivity contribution in [3.63, 3.8) is 0 Å². The minimum Gasteiger partial charge on any atom is -0.508 e. The van der Waals surface area contributed by atoms with Crippen LogP contribution in [-0.4, -0.2) is 49.6 Å². The van der Waals surface area contributed by atoms with Gasteiger partial charge in [0.25, 0.3) is 0 Å². The van der Waals surface area contributed by atoms with Gasteiger partial charge in [0.15, 0.2) is 0 Å². The number of methoxy groups -OCH3 is 2. The first-order valence-corrected chi connectivity index (χ1v) is 18.1. The van der Waals surface area contributed by atoms with Gasteiger partial charge < -0.3 is 29.2 Å². The number of fused-ring (bicyclic) bond motifs is 6. The zero-order valence-corrected chi connectivity index (χ0v) is 28.6. The number of benzene rings is 2. The van der Waals surface area contributed by atoms with E-state index < -0.39 is 0 Å². The molecule has 2 aromatic carbocycles. The van der Waals surface area contributed by atoms with Crippen LogP contribution in [0.1, 0.15) is 101 Å². The Morgan fingerprint density at radius 2 is 1.06 bits per heavy atom. The van der Waals surface area contributed by atoms with E-state index in [9.17, 15) is 19.8 Å². The van der Waals surface area contributed by atoms with Crippen molar-refractivity contribution in [2.45, 2.75) is 101 Å². The van der Waals surface area contributed by atoms with Crippen LogP contribution in [-0.2, 0) is 39.7 Å². The van der Waals surface area contributed by atoms with E-state index in [2.05, 4.69) is 12.1 Å². The van der Waals surface area contributed by atoms with Gasteiger partial charge >= 0.3 is 11.9 Å². The topological polar surface area (TPSA) is 112 Å². The summed E-state index contributed by atoms with van der Waals surface area (Å²) >= 11 is 0. The number of esters is 2. The fourth-order valence-electron chi connectivity index (χ4n) is 9.49. The Kier molecular flexibility index (Phi) is 9.03. The molecule has 4 aliphatic heterocycles. The Morgan fingerprint density at radius 3 is 1.38 bits per heavy atom. The summed E-state index contributed by atoms with van der Waals surface area (Å²) in [4.78, 5) is 23.1. The van der Waals surface area contributed by atoms with Crippen molar-refractivity contribution < 1.29 is 38.7 Å². The molecular formula is C40H52O8. The fourth-order valence-corrected chi connectivity index (χ4v) is 9.49. The van der Waals surface area contributed by atoms with Crippen molar-refractivity contribution in [1.82, 2.24) is 0 Å². The average molecular weight is 661 g/mol. The molecule has 0 amide bonds.